The summed E-state index contributed by atoms with van der Waals surface area (Å²) in [6, 6.07) is 54.6. The fourth-order valence-corrected chi connectivity index (χ4v) is 9.41. The van der Waals surface area contributed by atoms with E-state index in [-0.39, 0.29) is 5.41 Å². The molecule has 3 heterocycles. The summed E-state index contributed by atoms with van der Waals surface area (Å²) in [7, 11) is 0. The highest BCUT2D eigenvalue weighted by Crippen LogP contribution is 2.57. The number of aromatic nitrogens is 2. The number of para-hydroxylation sites is 1. The predicted octanol–water partition coefficient (Wildman–Crippen LogP) is 12.3. The molecule has 0 bridgehead atoms. The van der Waals surface area contributed by atoms with Gasteiger partial charge < -0.3 is 4.90 Å². The molecule has 0 unspecified atom stereocenters. The minimum Gasteiger partial charge on any atom is -0.310 e. The van der Waals surface area contributed by atoms with E-state index >= 15 is 0 Å². The van der Waals surface area contributed by atoms with E-state index in [4.69, 9.17) is 9.97 Å². The van der Waals surface area contributed by atoms with Crippen molar-refractivity contribution >= 4 is 50.5 Å². The molecule has 0 radical (unpaired) electrons. The van der Waals surface area contributed by atoms with Crippen LogP contribution < -0.4 is 4.90 Å². The van der Waals surface area contributed by atoms with Gasteiger partial charge in [-0.1, -0.05) is 141 Å². The number of rotatable bonds is 3. The van der Waals surface area contributed by atoms with E-state index in [2.05, 4.69) is 152 Å². The Hall–Kier alpha value is -5.71. The Morgan fingerprint density at radius 1 is 0.580 bits per heavy atom. The largest absolute Gasteiger partial charge is 0.310 e. The summed E-state index contributed by atoms with van der Waals surface area (Å²) in [5.74, 6) is 0.735. The van der Waals surface area contributed by atoms with Gasteiger partial charge in [0.15, 0.2) is 5.82 Å². The number of nitrogens with zero attached hydrogens (tertiary/aromatic N) is 3. The summed E-state index contributed by atoms with van der Waals surface area (Å²) in [4.78, 5) is 15.6. The minimum atomic E-state index is -0.163. The van der Waals surface area contributed by atoms with Gasteiger partial charge in [0.25, 0.3) is 0 Å². The SMILES string of the molecule is CC1(C)c2ccccc2N(c2ccc(-c3nc(-c4ccccc4)nc4c3ccc3ccccc34)cc2)c2ccc3c(c21)Sc1ccccc1C3. The quantitative estimate of drug-likeness (QED) is 0.177. The van der Waals surface area contributed by atoms with Crippen LogP contribution in [0.5, 0.6) is 0 Å². The van der Waals surface area contributed by atoms with Crippen molar-refractivity contribution in [2.24, 2.45) is 0 Å². The molecule has 0 fully saturated rings. The van der Waals surface area contributed by atoms with Crippen molar-refractivity contribution < 1.29 is 0 Å². The zero-order chi connectivity index (χ0) is 33.4. The van der Waals surface area contributed by atoms with Gasteiger partial charge in [0, 0.05) is 48.4 Å². The second kappa shape index (κ2) is 11.2. The molecule has 0 saturated carbocycles. The highest BCUT2D eigenvalue weighted by molar-refractivity contribution is 7.99. The topological polar surface area (TPSA) is 29.0 Å². The molecule has 4 heteroatoms. The fourth-order valence-electron chi connectivity index (χ4n) is 8.03. The molecule has 2 aliphatic rings. The molecule has 3 nitrogen and oxygen atoms in total. The lowest BCUT2D eigenvalue weighted by Gasteiger charge is -2.44. The van der Waals surface area contributed by atoms with E-state index < -0.39 is 0 Å². The summed E-state index contributed by atoms with van der Waals surface area (Å²) < 4.78 is 0. The zero-order valence-electron chi connectivity index (χ0n) is 27.9. The van der Waals surface area contributed by atoms with Gasteiger partial charge in [0.1, 0.15) is 0 Å². The van der Waals surface area contributed by atoms with Crippen LogP contribution in [-0.4, -0.2) is 9.97 Å². The van der Waals surface area contributed by atoms with Gasteiger partial charge in [-0.2, -0.15) is 0 Å². The molecule has 0 amide bonds. The van der Waals surface area contributed by atoms with Crippen molar-refractivity contribution in [3.05, 3.63) is 174 Å². The second-order valence-corrected chi connectivity index (χ2v) is 14.9. The van der Waals surface area contributed by atoms with Crippen LogP contribution >= 0.6 is 11.8 Å². The predicted molar refractivity (Wildman–Crippen MR) is 208 cm³/mol. The van der Waals surface area contributed by atoms with Crippen LogP contribution in [0.1, 0.15) is 36.1 Å². The van der Waals surface area contributed by atoms with Crippen molar-refractivity contribution in [3.63, 3.8) is 0 Å². The maximum Gasteiger partial charge on any atom is 0.160 e. The molecular weight excluding hydrogens is 627 g/mol. The van der Waals surface area contributed by atoms with Crippen molar-refractivity contribution in [1.29, 1.82) is 0 Å². The first-order chi connectivity index (χ1) is 24.5. The van der Waals surface area contributed by atoms with Gasteiger partial charge in [-0.3, -0.25) is 0 Å². The van der Waals surface area contributed by atoms with Crippen LogP contribution in [-0.2, 0) is 11.8 Å². The number of benzene rings is 7. The first kappa shape index (κ1) is 29.2. The molecule has 238 valence electrons. The van der Waals surface area contributed by atoms with Crippen molar-refractivity contribution in [2.45, 2.75) is 35.5 Å². The van der Waals surface area contributed by atoms with Crippen molar-refractivity contribution in [3.8, 4) is 22.6 Å². The lowest BCUT2D eigenvalue weighted by Crippen LogP contribution is -2.32. The molecule has 0 N–H and O–H groups in total. The zero-order valence-corrected chi connectivity index (χ0v) is 28.7. The first-order valence-corrected chi connectivity index (χ1v) is 18.0. The van der Waals surface area contributed by atoms with E-state index in [9.17, 15) is 0 Å². The van der Waals surface area contributed by atoms with Crippen LogP contribution in [0.25, 0.3) is 44.3 Å². The molecule has 0 spiro atoms. The molecule has 0 saturated heterocycles. The summed E-state index contributed by atoms with van der Waals surface area (Å²) in [5.41, 5.74) is 13.0. The first-order valence-electron chi connectivity index (χ1n) is 17.2. The molecule has 50 heavy (non-hydrogen) atoms. The van der Waals surface area contributed by atoms with E-state index in [0.717, 1.165) is 51.0 Å². The molecule has 7 aromatic carbocycles. The minimum absolute atomic E-state index is 0.163. The third-order valence-corrected chi connectivity index (χ3v) is 11.8. The van der Waals surface area contributed by atoms with Gasteiger partial charge >= 0.3 is 0 Å². The van der Waals surface area contributed by atoms with Crippen LogP contribution in [0, 0.1) is 0 Å². The summed E-state index contributed by atoms with van der Waals surface area (Å²) in [6.07, 6.45) is 0.964. The smallest absolute Gasteiger partial charge is 0.160 e. The number of hydrogen-bond donors (Lipinski definition) is 0. The highest BCUT2D eigenvalue weighted by Gasteiger charge is 2.40. The van der Waals surface area contributed by atoms with Gasteiger partial charge in [0.2, 0.25) is 0 Å². The maximum absolute atomic E-state index is 5.22. The van der Waals surface area contributed by atoms with Crippen molar-refractivity contribution in [2.75, 3.05) is 4.90 Å². The van der Waals surface area contributed by atoms with E-state index in [1.54, 1.807) is 0 Å². The van der Waals surface area contributed by atoms with Gasteiger partial charge in [0.05, 0.1) is 22.6 Å². The Morgan fingerprint density at radius 2 is 1.34 bits per heavy atom. The van der Waals surface area contributed by atoms with Crippen LogP contribution in [0.2, 0.25) is 0 Å². The van der Waals surface area contributed by atoms with Gasteiger partial charge in [-0.05, 0) is 64.9 Å². The van der Waals surface area contributed by atoms with E-state index in [0.29, 0.717) is 0 Å². The molecule has 0 aliphatic carbocycles. The number of fused-ring (bicyclic) bond motifs is 8. The Labute approximate surface area is 296 Å². The third-order valence-electron chi connectivity index (χ3n) is 10.5. The molecule has 0 atom stereocenters. The number of hydrogen-bond acceptors (Lipinski definition) is 4. The molecular formula is C46H33N3S. The van der Waals surface area contributed by atoms with Crippen LogP contribution in [0.15, 0.2) is 161 Å². The fraction of sp³-hybridized carbons (Fsp3) is 0.0870. The third kappa shape index (κ3) is 4.45. The van der Waals surface area contributed by atoms with Crippen molar-refractivity contribution in [1.82, 2.24) is 9.97 Å². The Bertz CT molecular complexity index is 2630. The number of anilines is 3. The Morgan fingerprint density at radius 3 is 2.22 bits per heavy atom. The Kier molecular flexibility index (Phi) is 6.52. The monoisotopic (exact) mass is 659 g/mol. The lowest BCUT2D eigenvalue weighted by molar-refractivity contribution is 0.615. The summed E-state index contributed by atoms with van der Waals surface area (Å²) >= 11 is 1.93. The molecule has 1 aromatic heterocycles. The average molecular weight is 660 g/mol. The molecule has 2 aliphatic heterocycles. The highest BCUT2D eigenvalue weighted by atomic mass is 32.2. The standard InChI is InChI=1S/C46H33N3S/c1-46(2)37-17-9-10-18-38(37)49(39-27-23-33-28-32-15-7-11-19-40(32)50-44(33)41(39)46)34-24-20-30(21-25-34)42-36-26-22-29-12-6-8-16-35(29)43(36)48-45(47-42)31-13-4-3-5-14-31/h3-27H,28H2,1-2H3. The Balaban J connectivity index is 1.14. The molecule has 10 rings (SSSR count). The normalized spacial score (nSPS) is 14.2. The average Bonchev–Trinajstić information content (AvgIpc) is 3.17. The van der Waals surface area contributed by atoms with Gasteiger partial charge in [-0.25, -0.2) is 9.97 Å². The maximum atomic E-state index is 5.22. The van der Waals surface area contributed by atoms with Crippen LogP contribution in [0.3, 0.4) is 0 Å². The summed E-state index contributed by atoms with van der Waals surface area (Å²) in [5, 5.41) is 3.36. The lowest BCUT2D eigenvalue weighted by atomic mass is 9.72. The van der Waals surface area contributed by atoms with E-state index in [1.807, 2.05) is 30.0 Å². The molecule has 8 aromatic rings. The summed E-state index contributed by atoms with van der Waals surface area (Å²) in [6.45, 7) is 4.78. The van der Waals surface area contributed by atoms with Gasteiger partial charge in [-0.15, -0.1) is 0 Å². The van der Waals surface area contributed by atoms with E-state index in [1.165, 1.54) is 48.8 Å². The van der Waals surface area contributed by atoms with Crippen LogP contribution in [0.4, 0.5) is 17.1 Å². The second-order valence-electron chi connectivity index (χ2n) is 13.8.